The van der Waals surface area contributed by atoms with Crippen molar-refractivity contribution in [2.24, 2.45) is 0 Å². The van der Waals surface area contributed by atoms with Gasteiger partial charge in [-0.3, -0.25) is 9.69 Å². The van der Waals surface area contributed by atoms with E-state index in [0.717, 1.165) is 19.4 Å². The third-order valence-electron chi connectivity index (χ3n) is 3.35. The zero-order chi connectivity index (χ0) is 11.5. The maximum absolute atomic E-state index is 11.4. The van der Waals surface area contributed by atoms with E-state index in [1.165, 1.54) is 0 Å². The van der Waals surface area contributed by atoms with Crippen LogP contribution < -0.4 is 5.32 Å². The van der Waals surface area contributed by atoms with Crippen molar-refractivity contribution in [2.45, 2.75) is 44.7 Å². The lowest BCUT2D eigenvalue weighted by atomic mass is 9.98. The van der Waals surface area contributed by atoms with E-state index in [2.05, 4.69) is 10.2 Å². The summed E-state index contributed by atoms with van der Waals surface area (Å²) >= 11 is 0. The standard InChI is InChI=1S/C11H22N2O2/c1-11(2,8-14)13(3)9-5-4-6-12-10(15)7-9/h9,14H,4-8H2,1-3H3,(H,12,15). The van der Waals surface area contributed by atoms with Gasteiger partial charge in [0.05, 0.1) is 6.61 Å². The summed E-state index contributed by atoms with van der Waals surface area (Å²) in [7, 11) is 1.99. The fourth-order valence-electron chi connectivity index (χ4n) is 1.89. The SMILES string of the molecule is CN(C1CCCNC(=O)C1)C(C)(C)CO. The first kappa shape index (κ1) is 12.5. The molecule has 0 radical (unpaired) electrons. The molecule has 2 N–H and O–H groups in total. The fourth-order valence-corrected chi connectivity index (χ4v) is 1.89. The Labute approximate surface area is 91.6 Å². The van der Waals surface area contributed by atoms with Gasteiger partial charge >= 0.3 is 0 Å². The van der Waals surface area contributed by atoms with E-state index in [0.29, 0.717) is 6.42 Å². The molecule has 1 rings (SSSR count). The van der Waals surface area contributed by atoms with Crippen molar-refractivity contribution in [3.05, 3.63) is 0 Å². The molecule has 4 nitrogen and oxygen atoms in total. The molecule has 1 aliphatic rings. The molecule has 0 bridgehead atoms. The summed E-state index contributed by atoms with van der Waals surface area (Å²) in [5.74, 6) is 0.123. The number of amides is 1. The highest BCUT2D eigenvalue weighted by Crippen LogP contribution is 2.21. The molecule has 88 valence electrons. The number of likely N-dealkylation sites (N-methyl/N-ethyl adjacent to an activating group) is 1. The number of rotatable bonds is 3. The predicted molar refractivity (Wildman–Crippen MR) is 59.6 cm³/mol. The first-order valence-electron chi connectivity index (χ1n) is 5.58. The van der Waals surface area contributed by atoms with Crippen LogP contribution in [0.25, 0.3) is 0 Å². The summed E-state index contributed by atoms with van der Waals surface area (Å²) in [5.41, 5.74) is -0.255. The Morgan fingerprint density at radius 2 is 2.27 bits per heavy atom. The number of nitrogens with one attached hydrogen (secondary N) is 1. The average Bonchev–Trinajstić information content (AvgIpc) is 2.41. The molecule has 1 fully saturated rings. The zero-order valence-electron chi connectivity index (χ0n) is 9.92. The quantitative estimate of drug-likeness (QED) is 0.713. The summed E-state index contributed by atoms with van der Waals surface area (Å²) < 4.78 is 0. The number of aliphatic hydroxyl groups is 1. The van der Waals surface area contributed by atoms with Crippen LogP contribution in [0.3, 0.4) is 0 Å². The Hall–Kier alpha value is -0.610. The third kappa shape index (κ3) is 3.18. The van der Waals surface area contributed by atoms with Gasteiger partial charge in [0.2, 0.25) is 5.91 Å². The Morgan fingerprint density at radius 1 is 1.60 bits per heavy atom. The molecule has 0 aromatic carbocycles. The van der Waals surface area contributed by atoms with E-state index in [1.807, 2.05) is 20.9 Å². The van der Waals surface area contributed by atoms with Crippen molar-refractivity contribution in [3.63, 3.8) is 0 Å². The lowest BCUT2D eigenvalue weighted by Crippen LogP contribution is -2.50. The first-order valence-corrected chi connectivity index (χ1v) is 5.58. The molecule has 1 heterocycles. The van der Waals surface area contributed by atoms with Crippen LogP contribution in [0.2, 0.25) is 0 Å². The molecular formula is C11H22N2O2. The zero-order valence-corrected chi connectivity index (χ0v) is 9.92. The Morgan fingerprint density at radius 3 is 2.87 bits per heavy atom. The lowest BCUT2D eigenvalue weighted by Gasteiger charge is -2.39. The molecule has 0 saturated carbocycles. The van der Waals surface area contributed by atoms with E-state index in [9.17, 15) is 9.90 Å². The van der Waals surface area contributed by atoms with Crippen LogP contribution in [0.15, 0.2) is 0 Å². The Kier molecular flexibility index (Phi) is 4.11. The van der Waals surface area contributed by atoms with E-state index in [4.69, 9.17) is 0 Å². The van der Waals surface area contributed by atoms with Crippen LogP contribution in [-0.4, -0.2) is 47.7 Å². The van der Waals surface area contributed by atoms with E-state index < -0.39 is 0 Å². The van der Waals surface area contributed by atoms with Gasteiger partial charge in [0.25, 0.3) is 0 Å². The second-order valence-electron chi connectivity index (χ2n) is 4.93. The van der Waals surface area contributed by atoms with Crippen molar-refractivity contribution in [1.29, 1.82) is 0 Å². The molecule has 1 amide bonds. The van der Waals surface area contributed by atoms with Crippen LogP contribution in [-0.2, 0) is 4.79 Å². The Balaban J connectivity index is 2.64. The molecule has 1 saturated heterocycles. The minimum absolute atomic E-state index is 0.113. The van der Waals surface area contributed by atoms with Gasteiger partial charge in [-0.05, 0) is 33.7 Å². The van der Waals surface area contributed by atoms with Crippen molar-refractivity contribution < 1.29 is 9.90 Å². The second kappa shape index (κ2) is 4.94. The fraction of sp³-hybridized carbons (Fsp3) is 0.909. The lowest BCUT2D eigenvalue weighted by molar-refractivity contribution is -0.122. The average molecular weight is 214 g/mol. The molecule has 1 atom stereocenters. The van der Waals surface area contributed by atoms with Crippen LogP contribution >= 0.6 is 0 Å². The van der Waals surface area contributed by atoms with Gasteiger partial charge in [-0.15, -0.1) is 0 Å². The topological polar surface area (TPSA) is 52.6 Å². The van der Waals surface area contributed by atoms with Gasteiger partial charge in [-0.1, -0.05) is 0 Å². The van der Waals surface area contributed by atoms with Crippen LogP contribution in [0.4, 0.5) is 0 Å². The maximum atomic E-state index is 11.4. The highest BCUT2D eigenvalue weighted by Gasteiger charge is 2.30. The summed E-state index contributed by atoms with van der Waals surface area (Å²) in [6, 6.07) is 0.245. The van der Waals surface area contributed by atoms with Crippen molar-refractivity contribution in [3.8, 4) is 0 Å². The minimum Gasteiger partial charge on any atom is -0.394 e. The molecule has 0 aromatic heterocycles. The number of nitrogens with zero attached hydrogens (tertiary/aromatic N) is 1. The van der Waals surface area contributed by atoms with Crippen molar-refractivity contribution in [1.82, 2.24) is 10.2 Å². The van der Waals surface area contributed by atoms with Gasteiger partial charge in [-0.25, -0.2) is 0 Å². The summed E-state index contributed by atoms with van der Waals surface area (Å²) in [5, 5.41) is 12.2. The highest BCUT2D eigenvalue weighted by atomic mass is 16.3. The molecular weight excluding hydrogens is 192 g/mol. The molecule has 1 aliphatic heterocycles. The van der Waals surface area contributed by atoms with Crippen molar-refractivity contribution in [2.75, 3.05) is 20.2 Å². The normalized spacial score (nSPS) is 23.8. The molecule has 0 spiro atoms. The number of carbonyl (C=O) groups excluding carboxylic acids is 1. The monoisotopic (exact) mass is 214 g/mol. The summed E-state index contributed by atoms with van der Waals surface area (Å²) in [4.78, 5) is 13.5. The molecule has 1 unspecified atom stereocenters. The predicted octanol–water partition coefficient (Wildman–Crippen LogP) is 0.358. The largest absolute Gasteiger partial charge is 0.394 e. The van der Waals surface area contributed by atoms with Crippen LogP contribution in [0.5, 0.6) is 0 Å². The maximum Gasteiger partial charge on any atom is 0.221 e. The van der Waals surface area contributed by atoms with Crippen LogP contribution in [0.1, 0.15) is 33.1 Å². The smallest absolute Gasteiger partial charge is 0.221 e. The van der Waals surface area contributed by atoms with Gasteiger partial charge in [0.1, 0.15) is 0 Å². The molecule has 0 aliphatic carbocycles. The van der Waals surface area contributed by atoms with Crippen LogP contribution in [0, 0.1) is 0 Å². The number of hydrogen-bond acceptors (Lipinski definition) is 3. The summed E-state index contributed by atoms with van der Waals surface area (Å²) in [6.07, 6.45) is 2.57. The number of aliphatic hydroxyl groups excluding tert-OH is 1. The molecule has 4 heteroatoms. The minimum atomic E-state index is -0.255. The first-order chi connectivity index (χ1) is 6.97. The Bertz CT molecular complexity index is 229. The van der Waals surface area contributed by atoms with Gasteiger partial charge in [-0.2, -0.15) is 0 Å². The number of carbonyl (C=O) groups is 1. The second-order valence-corrected chi connectivity index (χ2v) is 4.93. The van der Waals surface area contributed by atoms with Gasteiger partial charge in [0.15, 0.2) is 0 Å². The van der Waals surface area contributed by atoms with Gasteiger partial charge < -0.3 is 10.4 Å². The summed E-state index contributed by atoms with van der Waals surface area (Å²) in [6.45, 7) is 4.88. The van der Waals surface area contributed by atoms with E-state index >= 15 is 0 Å². The third-order valence-corrected chi connectivity index (χ3v) is 3.35. The van der Waals surface area contributed by atoms with E-state index in [1.54, 1.807) is 0 Å². The molecule has 0 aromatic rings. The van der Waals surface area contributed by atoms with Crippen molar-refractivity contribution >= 4 is 5.91 Å². The number of hydrogen-bond donors (Lipinski definition) is 2. The van der Waals surface area contributed by atoms with Gasteiger partial charge in [0, 0.05) is 24.5 Å². The highest BCUT2D eigenvalue weighted by molar-refractivity contribution is 5.76. The molecule has 15 heavy (non-hydrogen) atoms. The van der Waals surface area contributed by atoms with E-state index in [-0.39, 0.29) is 24.1 Å².